The van der Waals surface area contributed by atoms with Gasteiger partial charge < -0.3 is 13.7 Å². The summed E-state index contributed by atoms with van der Waals surface area (Å²) in [5.41, 5.74) is 3.17. The Morgan fingerprint density at radius 2 is 1.83 bits per heavy atom. The molecule has 29 heavy (non-hydrogen) atoms. The molecule has 0 saturated heterocycles. The Kier molecular flexibility index (Phi) is 4.41. The summed E-state index contributed by atoms with van der Waals surface area (Å²) in [4.78, 5) is 12.5. The van der Waals surface area contributed by atoms with Crippen LogP contribution in [0.5, 0.6) is 5.75 Å². The molecule has 0 spiro atoms. The summed E-state index contributed by atoms with van der Waals surface area (Å²) < 4.78 is 17.4. The monoisotopic (exact) mass is 447 g/mol. The van der Waals surface area contributed by atoms with E-state index in [1.165, 1.54) is 0 Å². The van der Waals surface area contributed by atoms with Gasteiger partial charge in [0.1, 0.15) is 11.3 Å². The lowest BCUT2D eigenvalue weighted by Gasteiger charge is -2.02. The van der Waals surface area contributed by atoms with Crippen molar-refractivity contribution in [2.24, 2.45) is 0 Å². The number of carbonyl (C=O) groups excluding carboxylic acids is 1. The average molecular weight is 448 g/mol. The Morgan fingerprint density at radius 1 is 0.966 bits per heavy atom. The summed E-state index contributed by atoms with van der Waals surface area (Å²) in [7, 11) is 0. The number of carbonyl (C=O) groups is 1. The smallest absolute Gasteiger partial charge is 0.379 e. The number of furan rings is 1. The number of hydrogen-bond acceptors (Lipinski definition) is 5. The third-order valence-corrected chi connectivity index (χ3v) is 5.12. The van der Waals surface area contributed by atoms with Crippen LogP contribution in [-0.2, 0) is 6.42 Å². The zero-order valence-electron chi connectivity index (χ0n) is 15.1. The molecule has 2 aromatic heterocycles. The molecule has 5 aromatic rings. The third-order valence-electron chi connectivity index (χ3n) is 4.62. The van der Waals surface area contributed by atoms with E-state index in [4.69, 9.17) is 13.7 Å². The number of halogens is 1. The highest BCUT2D eigenvalue weighted by atomic mass is 79.9. The van der Waals surface area contributed by atoms with Crippen LogP contribution >= 0.6 is 15.9 Å². The predicted molar refractivity (Wildman–Crippen MR) is 112 cm³/mol. The Hall–Kier alpha value is -3.38. The van der Waals surface area contributed by atoms with Crippen molar-refractivity contribution in [3.05, 3.63) is 94.3 Å². The molecule has 5 rings (SSSR count). The van der Waals surface area contributed by atoms with E-state index in [2.05, 4.69) is 21.1 Å². The molecule has 6 heteroatoms. The van der Waals surface area contributed by atoms with Crippen molar-refractivity contribution in [1.29, 1.82) is 0 Å². The largest absolute Gasteiger partial charge is 0.449 e. The Bertz CT molecular complexity index is 1340. The van der Waals surface area contributed by atoms with Gasteiger partial charge in [-0.1, -0.05) is 51.4 Å². The van der Waals surface area contributed by atoms with Crippen LogP contribution < -0.4 is 4.74 Å². The predicted octanol–water partition coefficient (Wildman–Crippen LogP) is 6.15. The number of aromatic nitrogens is 1. The molecule has 142 valence electrons. The van der Waals surface area contributed by atoms with Crippen molar-refractivity contribution < 1.29 is 18.5 Å². The molecule has 0 bridgehead atoms. The summed E-state index contributed by atoms with van der Waals surface area (Å²) in [6, 6.07) is 22.5. The Balaban J connectivity index is 1.38. The van der Waals surface area contributed by atoms with Crippen LogP contribution in [-0.4, -0.2) is 11.1 Å². The van der Waals surface area contributed by atoms with E-state index in [0.29, 0.717) is 23.3 Å². The summed E-state index contributed by atoms with van der Waals surface area (Å²) in [6.07, 6.45) is 0.668. The van der Waals surface area contributed by atoms with Crippen LogP contribution in [0.1, 0.15) is 21.8 Å². The first kappa shape index (κ1) is 17.7. The molecule has 0 unspecified atom stereocenters. The lowest BCUT2D eigenvalue weighted by atomic mass is 10.1. The van der Waals surface area contributed by atoms with Gasteiger partial charge in [-0.05, 0) is 42.0 Å². The maximum Gasteiger partial charge on any atom is 0.379 e. The molecule has 5 nitrogen and oxygen atoms in total. The first-order valence-corrected chi connectivity index (χ1v) is 9.78. The van der Waals surface area contributed by atoms with Gasteiger partial charge in [-0.25, -0.2) is 4.79 Å². The van der Waals surface area contributed by atoms with Crippen molar-refractivity contribution in [1.82, 2.24) is 5.16 Å². The topological polar surface area (TPSA) is 65.5 Å². The molecule has 3 aromatic carbocycles. The second-order valence-corrected chi connectivity index (χ2v) is 7.55. The maximum atomic E-state index is 12.5. The van der Waals surface area contributed by atoms with E-state index in [0.717, 1.165) is 26.5 Å². The zero-order chi connectivity index (χ0) is 19.8. The van der Waals surface area contributed by atoms with Gasteiger partial charge in [0.25, 0.3) is 0 Å². The summed E-state index contributed by atoms with van der Waals surface area (Å²) >= 11 is 3.40. The normalized spacial score (nSPS) is 11.2. The SMILES string of the molecule is O=C(Oc1ccc2c(Cc3ccccc3)noc2c1)c1cc2cc(Br)ccc2o1. The first-order chi connectivity index (χ1) is 14.2. The van der Waals surface area contributed by atoms with E-state index < -0.39 is 5.97 Å². The van der Waals surface area contributed by atoms with Gasteiger partial charge in [0.05, 0.1) is 5.69 Å². The van der Waals surface area contributed by atoms with Crippen molar-refractivity contribution in [2.75, 3.05) is 0 Å². The van der Waals surface area contributed by atoms with E-state index in [-0.39, 0.29) is 5.76 Å². The van der Waals surface area contributed by atoms with E-state index in [1.54, 1.807) is 24.3 Å². The molecule has 2 heterocycles. The molecular formula is C23H14BrNO4. The third kappa shape index (κ3) is 3.54. The molecule has 0 aliphatic rings. The summed E-state index contributed by atoms with van der Waals surface area (Å²) in [5.74, 6) is -0.0622. The number of esters is 1. The second-order valence-electron chi connectivity index (χ2n) is 6.63. The molecule has 0 aliphatic heterocycles. The highest BCUT2D eigenvalue weighted by Crippen LogP contribution is 2.27. The maximum absolute atomic E-state index is 12.5. The highest BCUT2D eigenvalue weighted by molar-refractivity contribution is 9.10. The lowest BCUT2D eigenvalue weighted by Crippen LogP contribution is -2.06. The number of rotatable bonds is 4. The van der Waals surface area contributed by atoms with E-state index >= 15 is 0 Å². The first-order valence-electron chi connectivity index (χ1n) is 8.99. The molecule has 0 fully saturated rings. The molecular weight excluding hydrogens is 434 g/mol. The fraction of sp³-hybridized carbons (Fsp3) is 0.0435. The van der Waals surface area contributed by atoms with Crippen molar-refractivity contribution in [3.63, 3.8) is 0 Å². The lowest BCUT2D eigenvalue weighted by molar-refractivity contribution is 0.0704. The van der Waals surface area contributed by atoms with Gasteiger partial charge in [0, 0.05) is 27.7 Å². The van der Waals surface area contributed by atoms with Crippen LogP contribution in [0, 0.1) is 0 Å². The summed E-state index contributed by atoms with van der Waals surface area (Å²) in [5, 5.41) is 5.88. The van der Waals surface area contributed by atoms with E-state index in [1.807, 2.05) is 48.5 Å². The van der Waals surface area contributed by atoms with Crippen LogP contribution in [0.15, 0.2) is 86.2 Å². The average Bonchev–Trinajstić information content (AvgIpc) is 3.32. The summed E-state index contributed by atoms with van der Waals surface area (Å²) in [6.45, 7) is 0. The number of ether oxygens (including phenoxy) is 1. The van der Waals surface area contributed by atoms with Gasteiger partial charge in [0.2, 0.25) is 5.76 Å². The molecule has 0 aliphatic carbocycles. The minimum Gasteiger partial charge on any atom is -0.449 e. The molecule has 0 amide bonds. The highest BCUT2D eigenvalue weighted by Gasteiger charge is 2.17. The van der Waals surface area contributed by atoms with Crippen molar-refractivity contribution in [3.8, 4) is 5.75 Å². The number of fused-ring (bicyclic) bond motifs is 2. The minimum atomic E-state index is -0.569. The van der Waals surface area contributed by atoms with Gasteiger partial charge >= 0.3 is 5.97 Å². The fourth-order valence-corrected chi connectivity index (χ4v) is 3.60. The molecule has 0 atom stereocenters. The van der Waals surface area contributed by atoms with Crippen molar-refractivity contribution >= 4 is 43.8 Å². The van der Waals surface area contributed by atoms with Gasteiger partial charge in [0.15, 0.2) is 5.58 Å². The van der Waals surface area contributed by atoms with Crippen LogP contribution in [0.3, 0.4) is 0 Å². The quantitative estimate of drug-likeness (QED) is 0.244. The standard InChI is InChI=1S/C23H14BrNO4/c24-16-6-9-20-15(11-16)12-22(28-20)23(26)27-17-7-8-18-19(25-29-21(18)13-17)10-14-4-2-1-3-5-14/h1-9,11-13H,10H2. The molecule has 0 saturated carbocycles. The van der Waals surface area contributed by atoms with Gasteiger partial charge in [-0.2, -0.15) is 0 Å². The van der Waals surface area contributed by atoms with Crippen molar-refractivity contribution in [2.45, 2.75) is 6.42 Å². The van der Waals surface area contributed by atoms with Gasteiger partial charge in [-0.3, -0.25) is 0 Å². The minimum absolute atomic E-state index is 0.139. The molecule has 0 radical (unpaired) electrons. The van der Waals surface area contributed by atoms with Crippen LogP contribution in [0.2, 0.25) is 0 Å². The second kappa shape index (κ2) is 7.22. The number of nitrogens with zero attached hydrogens (tertiary/aromatic N) is 1. The Labute approximate surface area is 174 Å². The van der Waals surface area contributed by atoms with Crippen LogP contribution in [0.4, 0.5) is 0 Å². The van der Waals surface area contributed by atoms with Gasteiger partial charge in [-0.15, -0.1) is 0 Å². The molecule has 0 N–H and O–H groups in total. The number of hydrogen-bond donors (Lipinski definition) is 0. The zero-order valence-corrected chi connectivity index (χ0v) is 16.7. The number of benzene rings is 3. The Morgan fingerprint density at radius 3 is 2.69 bits per heavy atom. The van der Waals surface area contributed by atoms with Crippen LogP contribution in [0.25, 0.3) is 21.9 Å². The van der Waals surface area contributed by atoms with E-state index in [9.17, 15) is 4.79 Å². The fourth-order valence-electron chi connectivity index (χ4n) is 3.22.